The van der Waals surface area contributed by atoms with Crippen LogP contribution in [0, 0.1) is 0 Å². The number of nitrogens with zero attached hydrogens (tertiary/aromatic N) is 1. The predicted molar refractivity (Wildman–Crippen MR) is 68.3 cm³/mol. The van der Waals surface area contributed by atoms with Crippen molar-refractivity contribution in [2.45, 2.75) is 0 Å². The minimum atomic E-state index is -0.146. The lowest BCUT2D eigenvalue weighted by molar-refractivity contribution is 0.419. The third-order valence-corrected chi connectivity index (χ3v) is 3.48. The third-order valence-electron chi connectivity index (χ3n) is 2.63. The summed E-state index contributed by atoms with van der Waals surface area (Å²) in [6, 6.07) is 9.44. The van der Waals surface area contributed by atoms with Gasteiger partial charge in [0.25, 0.3) is 0 Å². The van der Waals surface area contributed by atoms with E-state index in [9.17, 15) is 4.79 Å². The van der Waals surface area contributed by atoms with Crippen LogP contribution in [0.15, 0.2) is 40.5 Å². The van der Waals surface area contributed by atoms with Crippen LogP contribution in [-0.2, 0) is 0 Å². The Morgan fingerprint density at radius 2 is 2.18 bits per heavy atom. The fraction of sp³-hybridized carbons (Fsp3) is 0.0833. The standard InChI is InChI=1S/C12H10N2O2S/c1-16-9-5-2-4-8-11(9)13-12(15)14(8)10-6-3-7-17-10/h2-7H,1H3,(H,13,15). The SMILES string of the molecule is COc1cccc2c1[nH]c(=O)n2-c1cccs1. The molecule has 17 heavy (non-hydrogen) atoms. The summed E-state index contributed by atoms with van der Waals surface area (Å²) < 4.78 is 6.89. The van der Waals surface area contributed by atoms with E-state index in [1.54, 1.807) is 11.7 Å². The molecule has 86 valence electrons. The Kier molecular flexibility index (Phi) is 2.26. The molecule has 2 aromatic heterocycles. The quantitative estimate of drug-likeness (QED) is 0.754. The van der Waals surface area contributed by atoms with Gasteiger partial charge in [-0.3, -0.25) is 4.57 Å². The van der Waals surface area contributed by atoms with E-state index in [0.717, 1.165) is 16.0 Å². The van der Waals surface area contributed by atoms with Crippen molar-refractivity contribution in [3.8, 4) is 10.8 Å². The van der Waals surface area contributed by atoms with Gasteiger partial charge in [0, 0.05) is 0 Å². The summed E-state index contributed by atoms with van der Waals surface area (Å²) in [4.78, 5) is 14.8. The number of para-hydroxylation sites is 1. The van der Waals surface area contributed by atoms with E-state index in [1.807, 2.05) is 35.7 Å². The zero-order valence-corrected chi connectivity index (χ0v) is 9.95. The Morgan fingerprint density at radius 1 is 1.29 bits per heavy atom. The first kappa shape index (κ1) is 10.2. The van der Waals surface area contributed by atoms with Crippen LogP contribution in [0.25, 0.3) is 16.0 Å². The first-order valence-corrected chi connectivity index (χ1v) is 6.01. The van der Waals surface area contributed by atoms with Gasteiger partial charge in [-0.2, -0.15) is 0 Å². The van der Waals surface area contributed by atoms with Crippen LogP contribution in [0.3, 0.4) is 0 Å². The summed E-state index contributed by atoms with van der Waals surface area (Å²) in [6.45, 7) is 0. The second kappa shape index (κ2) is 3.78. The van der Waals surface area contributed by atoms with Crippen molar-refractivity contribution in [1.29, 1.82) is 0 Å². The molecule has 0 fully saturated rings. The van der Waals surface area contributed by atoms with Gasteiger partial charge in [-0.15, -0.1) is 11.3 Å². The molecule has 1 aromatic carbocycles. The van der Waals surface area contributed by atoms with E-state index < -0.39 is 0 Å². The lowest BCUT2D eigenvalue weighted by Crippen LogP contribution is -2.13. The smallest absolute Gasteiger partial charge is 0.331 e. The molecule has 1 N–H and O–H groups in total. The minimum Gasteiger partial charge on any atom is -0.494 e. The number of aromatic amines is 1. The normalized spacial score (nSPS) is 10.9. The number of nitrogens with one attached hydrogen (secondary N) is 1. The van der Waals surface area contributed by atoms with E-state index in [2.05, 4.69) is 4.98 Å². The van der Waals surface area contributed by atoms with E-state index in [-0.39, 0.29) is 5.69 Å². The molecule has 0 unspecified atom stereocenters. The van der Waals surface area contributed by atoms with Crippen LogP contribution < -0.4 is 10.4 Å². The average Bonchev–Trinajstić information content (AvgIpc) is 2.93. The minimum absolute atomic E-state index is 0.146. The van der Waals surface area contributed by atoms with Gasteiger partial charge < -0.3 is 9.72 Å². The lowest BCUT2D eigenvalue weighted by atomic mass is 10.3. The molecule has 0 spiro atoms. The molecule has 4 nitrogen and oxygen atoms in total. The van der Waals surface area contributed by atoms with Crippen molar-refractivity contribution >= 4 is 22.4 Å². The summed E-state index contributed by atoms with van der Waals surface area (Å²) in [5.74, 6) is 0.676. The molecule has 5 heteroatoms. The van der Waals surface area contributed by atoms with Gasteiger partial charge in [-0.1, -0.05) is 6.07 Å². The lowest BCUT2D eigenvalue weighted by Gasteiger charge is -2.02. The zero-order valence-electron chi connectivity index (χ0n) is 9.14. The molecule has 0 radical (unpaired) electrons. The average molecular weight is 246 g/mol. The Bertz CT molecular complexity index is 710. The maximum absolute atomic E-state index is 12.0. The fourth-order valence-corrected chi connectivity index (χ4v) is 2.63. The Labute approximate surface area is 101 Å². The van der Waals surface area contributed by atoms with Crippen LogP contribution >= 0.6 is 11.3 Å². The van der Waals surface area contributed by atoms with Crippen LogP contribution in [0.5, 0.6) is 5.75 Å². The van der Waals surface area contributed by atoms with Gasteiger partial charge in [0.2, 0.25) is 0 Å². The fourth-order valence-electron chi connectivity index (χ4n) is 1.89. The van der Waals surface area contributed by atoms with Crippen molar-refractivity contribution in [2.75, 3.05) is 7.11 Å². The Balaban J connectivity index is 2.40. The van der Waals surface area contributed by atoms with Crippen molar-refractivity contribution in [1.82, 2.24) is 9.55 Å². The van der Waals surface area contributed by atoms with Crippen molar-refractivity contribution in [2.24, 2.45) is 0 Å². The largest absolute Gasteiger partial charge is 0.494 e. The molecule has 0 aliphatic carbocycles. The summed E-state index contributed by atoms with van der Waals surface area (Å²) >= 11 is 1.53. The highest BCUT2D eigenvalue weighted by atomic mass is 32.1. The Morgan fingerprint density at radius 3 is 2.88 bits per heavy atom. The molecule has 0 saturated heterocycles. The molecular weight excluding hydrogens is 236 g/mol. The maximum atomic E-state index is 12.0. The predicted octanol–water partition coefficient (Wildman–Crippen LogP) is 2.39. The van der Waals surface area contributed by atoms with E-state index in [4.69, 9.17) is 4.74 Å². The number of methoxy groups -OCH3 is 1. The maximum Gasteiger partial charge on any atom is 0.331 e. The number of benzene rings is 1. The van der Waals surface area contributed by atoms with Gasteiger partial charge >= 0.3 is 5.69 Å². The van der Waals surface area contributed by atoms with Crippen LogP contribution in [0.2, 0.25) is 0 Å². The molecule has 3 aromatic rings. The molecule has 3 rings (SSSR count). The highest BCUT2D eigenvalue weighted by Crippen LogP contribution is 2.25. The summed E-state index contributed by atoms with van der Waals surface area (Å²) in [7, 11) is 1.59. The van der Waals surface area contributed by atoms with Crippen LogP contribution in [0.4, 0.5) is 0 Å². The second-order valence-electron chi connectivity index (χ2n) is 3.57. The third kappa shape index (κ3) is 1.47. The molecule has 0 bridgehead atoms. The first-order chi connectivity index (χ1) is 8.31. The van der Waals surface area contributed by atoms with Crippen LogP contribution in [0.1, 0.15) is 0 Å². The van der Waals surface area contributed by atoms with Crippen molar-refractivity contribution in [3.05, 3.63) is 46.2 Å². The van der Waals surface area contributed by atoms with E-state index >= 15 is 0 Å². The molecule has 0 atom stereocenters. The molecule has 0 saturated carbocycles. The van der Waals surface area contributed by atoms with Gasteiger partial charge in [0.05, 0.1) is 12.6 Å². The number of hydrogen-bond acceptors (Lipinski definition) is 3. The number of fused-ring (bicyclic) bond motifs is 1. The first-order valence-electron chi connectivity index (χ1n) is 5.13. The molecular formula is C12H10N2O2S. The number of H-pyrrole nitrogens is 1. The number of aromatic nitrogens is 2. The summed E-state index contributed by atoms with van der Waals surface area (Å²) in [5.41, 5.74) is 1.41. The summed E-state index contributed by atoms with van der Waals surface area (Å²) in [5, 5.41) is 2.84. The van der Waals surface area contributed by atoms with Gasteiger partial charge in [0.15, 0.2) is 0 Å². The van der Waals surface area contributed by atoms with E-state index in [0.29, 0.717) is 5.75 Å². The number of hydrogen-bond donors (Lipinski definition) is 1. The van der Waals surface area contributed by atoms with E-state index in [1.165, 1.54) is 11.3 Å². The van der Waals surface area contributed by atoms with Crippen molar-refractivity contribution in [3.63, 3.8) is 0 Å². The zero-order chi connectivity index (χ0) is 11.8. The number of rotatable bonds is 2. The van der Waals surface area contributed by atoms with Gasteiger partial charge in [0.1, 0.15) is 16.3 Å². The highest BCUT2D eigenvalue weighted by Gasteiger charge is 2.12. The molecule has 0 aliphatic heterocycles. The monoisotopic (exact) mass is 246 g/mol. The second-order valence-corrected chi connectivity index (χ2v) is 4.50. The number of imidazole rings is 1. The molecule has 0 amide bonds. The number of thiophene rings is 1. The van der Waals surface area contributed by atoms with Gasteiger partial charge in [-0.25, -0.2) is 4.79 Å². The topological polar surface area (TPSA) is 47.0 Å². The van der Waals surface area contributed by atoms with Gasteiger partial charge in [-0.05, 0) is 29.6 Å². The molecule has 0 aliphatic rings. The summed E-state index contributed by atoms with van der Waals surface area (Å²) in [6.07, 6.45) is 0. The van der Waals surface area contributed by atoms with Crippen LogP contribution in [-0.4, -0.2) is 16.7 Å². The van der Waals surface area contributed by atoms with Crippen molar-refractivity contribution < 1.29 is 4.74 Å². The Hall–Kier alpha value is -2.01. The number of ether oxygens (including phenoxy) is 1. The highest BCUT2D eigenvalue weighted by molar-refractivity contribution is 7.12. The molecule has 2 heterocycles.